The number of halogens is 2. The van der Waals surface area contributed by atoms with Crippen LogP contribution in [0.2, 0.25) is 0 Å². The number of anilines is 2. The van der Waals surface area contributed by atoms with E-state index in [0.29, 0.717) is 17.2 Å². The lowest BCUT2D eigenvalue weighted by Gasteiger charge is -2.34. The molecule has 0 radical (unpaired) electrons. The fourth-order valence-electron chi connectivity index (χ4n) is 3.43. The Bertz CT molecular complexity index is 1100. The summed E-state index contributed by atoms with van der Waals surface area (Å²) in [4.78, 5) is 8.86. The molecule has 31 heavy (non-hydrogen) atoms. The second kappa shape index (κ2) is 8.37. The molecule has 0 amide bonds. The van der Waals surface area contributed by atoms with E-state index < -0.39 is 12.2 Å². The summed E-state index contributed by atoms with van der Waals surface area (Å²) in [6.45, 7) is 1.94. The predicted molar refractivity (Wildman–Crippen MR) is 110 cm³/mol. The minimum atomic E-state index is -2.60. The highest BCUT2D eigenvalue weighted by Gasteiger charge is 2.46. The lowest BCUT2D eigenvalue weighted by Crippen LogP contribution is -2.37. The second-order valence-corrected chi connectivity index (χ2v) is 7.54. The van der Waals surface area contributed by atoms with Crippen molar-refractivity contribution in [1.82, 2.24) is 25.1 Å². The molecule has 10 heteroatoms. The minimum absolute atomic E-state index is 0.0444. The summed E-state index contributed by atoms with van der Waals surface area (Å²) in [6.07, 6.45) is 3.60. The van der Waals surface area contributed by atoms with Crippen molar-refractivity contribution in [2.45, 2.75) is 38.0 Å². The Balaban J connectivity index is 1.48. The number of benzene rings is 1. The molecule has 0 saturated heterocycles. The number of nitriles is 1. The van der Waals surface area contributed by atoms with Gasteiger partial charge in [-0.15, -0.1) is 0 Å². The first-order chi connectivity index (χ1) is 14.8. The van der Waals surface area contributed by atoms with E-state index in [1.54, 1.807) is 35.4 Å². The number of nitrogens with zero attached hydrogens (tertiary/aromatic N) is 5. The number of hydrogen-bond acceptors (Lipinski definition) is 7. The zero-order valence-corrected chi connectivity index (χ0v) is 16.8. The van der Waals surface area contributed by atoms with Crippen LogP contribution in [-0.2, 0) is 0 Å². The molecule has 1 atom stereocenters. The Morgan fingerprint density at radius 3 is 2.71 bits per heavy atom. The van der Waals surface area contributed by atoms with Gasteiger partial charge in [0.25, 0.3) is 5.92 Å². The van der Waals surface area contributed by atoms with Gasteiger partial charge in [-0.05, 0) is 18.1 Å². The number of nitrogens with one attached hydrogen (secondary N) is 2. The number of aliphatic hydroxyl groups is 1. The zero-order chi connectivity index (χ0) is 22.0. The highest BCUT2D eigenvalue weighted by molar-refractivity contribution is 5.65. The predicted octanol–water partition coefficient (Wildman–Crippen LogP) is 3.47. The molecule has 1 aliphatic carbocycles. The van der Waals surface area contributed by atoms with Crippen molar-refractivity contribution in [1.29, 1.82) is 5.26 Å². The van der Waals surface area contributed by atoms with E-state index in [-0.39, 0.29) is 25.4 Å². The molecule has 0 bridgehead atoms. The van der Waals surface area contributed by atoms with Gasteiger partial charge < -0.3 is 10.4 Å². The molecule has 3 aromatic rings. The molecule has 1 fully saturated rings. The van der Waals surface area contributed by atoms with Gasteiger partial charge >= 0.3 is 0 Å². The SMILES string of the molecule is Cc1cnc(Nc2cnn(C3CC(F)(F)C3)c2)nc1-c1ccc(C(O)NCC#N)cc1. The Labute approximate surface area is 177 Å². The maximum Gasteiger partial charge on any atom is 0.252 e. The van der Waals surface area contributed by atoms with Crippen LogP contribution >= 0.6 is 0 Å². The van der Waals surface area contributed by atoms with Gasteiger partial charge in [-0.1, -0.05) is 24.3 Å². The van der Waals surface area contributed by atoms with Gasteiger partial charge in [0, 0.05) is 30.8 Å². The third-order valence-corrected chi connectivity index (χ3v) is 5.15. The van der Waals surface area contributed by atoms with Crippen LogP contribution in [0.15, 0.2) is 42.9 Å². The normalized spacial score (nSPS) is 16.4. The first-order valence-electron chi connectivity index (χ1n) is 9.76. The molecule has 1 aromatic carbocycles. The molecule has 4 rings (SSSR count). The van der Waals surface area contributed by atoms with Crippen molar-refractivity contribution in [2.24, 2.45) is 0 Å². The molecule has 1 unspecified atom stereocenters. The van der Waals surface area contributed by atoms with Crippen molar-refractivity contribution >= 4 is 11.6 Å². The lowest BCUT2D eigenvalue weighted by molar-refractivity contribution is -0.106. The molecule has 1 saturated carbocycles. The van der Waals surface area contributed by atoms with Crippen molar-refractivity contribution < 1.29 is 13.9 Å². The molecule has 3 N–H and O–H groups in total. The maximum atomic E-state index is 13.1. The lowest BCUT2D eigenvalue weighted by atomic mass is 9.88. The third-order valence-electron chi connectivity index (χ3n) is 5.15. The summed E-state index contributed by atoms with van der Waals surface area (Å²) >= 11 is 0. The summed E-state index contributed by atoms with van der Waals surface area (Å²) in [7, 11) is 0. The molecule has 2 aromatic heterocycles. The van der Waals surface area contributed by atoms with Crippen molar-refractivity contribution in [3.05, 3.63) is 54.0 Å². The van der Waals surface area contributed by atoms with Gasteiger partial charge in [0.05, 0.1) is 36.2 Å². The van der Waals surface area contributed by atoms with E-state index in [0.717, 1.165) is 16.8 Å². The summed E-state index contributed by atoms with van der Waals surface area (Å²) in [5.74, 6) is -2.24. The van der Waals surface area contributed by atoms with E-state index in [4.69, 9.17) is 5.26 Å². The molecule has 0 spiro atoms. The van der Waals surface area contributed by atoms with Gasteiger partial charge in [-0.3, -0.25) is 10.00 Å². The van der Waals surface area contributed by atoms with Crippen LogP contribution in [0.4, 0.5) is 20.4 Å². The van der Waals surface area contributed by atoms with E-state index in [2.05, 4.69) is 25.7 Å². The van der Waals surface area contributed by atoms with Crippen molar-refractivity contribution in [2.75, 3.05) is 11.9 Å². The van der Waals surface area contributed by atoms with Gasteiger partial charge in [-0.2, -0.15) is 10.4 Å². The highest BCUT2D eigenvalue weighted by Crippen LogP contribution is 2.45. The van der Waals surface area contributed by atoms with Crippen LogP contribution < -0.4 is 10.6 Å². The van der Waals surface area contributed by atoms with Gasteiger partial charge in [0.15, 0.2) is 0 Å². The monoisotopic (exact) mass is 425 g/mol. The number of aliphatic hydroxyl groups excluding tert-OH is 1. The Kier molecular flexibility index (Phi) is 5.63. The molecular weight excluding hydrogens is 404 g/mol. The molecule has 8 nitrogen and oxygen atoms in total. The smallest absolute Gasteiger partial charge is 0.252 e. The molecule has 0 aliphatic heterocycles. The summed E-state index contributed by atoms with van der Waals surface area (Å²) in [5, 5.41) is 28.5. The third kappa shape index (κ3) is 4.68. The molecular formula is C21H21F2N7O. The maximum absolute atomic E-state index is 13.1. The van der Waals surface area contributed by atoms with E-state index in [1.807, 2.05) is 25.1 Å². The molecule has 1 aliphatic rings. The topological polar surface area (TPSA) is 112 Å². The van der Waals surface area contributed by atoms with Crippen molar-refractivity contribution in [3.8, 4) is 17.3 Å². The van der Waals surface area contributed by atoms with Crippen LogP contribution in [-0.4, -0.2) is 37.3 Å². The van der Waals surface area contributed by atoms with E-state index >= 15 is 0 Å². The van der Waals surface area contributed by atoms with Crippen LogP contribution in [0.1, 0.15) is 36.2 Å². The quantitative estimate of drug-likeness (QED) is 0.393. The standard InChI is InChI=1S/C21H21F2N7O/c1-13-10-26-20(28-16-11-27-30(12-16)17-8-21(22,23)9-17)29-18(13)14-2-4-15(5-3-14)19(31)25-7-6-24/h2-5,10-12,17,19,25,31H,7-9H2,1H3,(H,26,28,29). The van der Waals surface area contributed by atoms with Crippen LogP contribution in [0.25, 0.3) is 11.3 Å². The zero-order valence-electron chi connectivity index (χ0n) is 16.8. The number of aromatic nitrogens is 4. The number of aryl methyl sites for hydroxylation is 1. The fourth-order valence-corrected chi connectivity index (χ4v) is 3.43. The van der Waals surface area contributed by atoms with Gasteiger partial charge in [-0.25, -0.2) is 18.7 Å². The van der Waals surface area contributed by atoms with Gasteiger partial charge in [0.2, 0.25) is 5.95 Å². The first kappa shape index (κ1) is 20.8. The van der Waals surface area contributed by atoms with E-state index in [9.17, 15) is 13.9 Å². The van der Waals surface area contributed by atoms with Gasteiger partial charge in [0.1, 0.15) is 6.23 Å². The number of hydrogen-bond donors (Lipinski definition) is 3. The summed E-state index contributed by atoms with van der Waals surface area (Å²) in [6, 6.07) is 8.82. The fraction of sp³-hybridized carbons (Fsp3) is 0.333. The summed E-state index contributed by atoms with van der Waals surface area (Å²) < 4.78 is 27.7. The van der Waals surface area contributed by atoms with E-state index in [1.165, 1.54) is 0 Å². The van der Waals surface area contributed by atoms with Crippen LogP contribution in [0.5, 0.6) is 0 Å². The molecule has 2 heterocycles. The largest absolute Gasteiger partial charge is 0.374 e. The average molecular weight is 425 g/mol. The Morgan fingerprint density at radius 1 is 1.29 bits per heavy atom. The number of rotatable bonds is 7. The van der Waals surface area contributed by atoms with Crippen LogP contribution in [0.3, 0.4) is 0 Å². The Hall–Kier alpha value is -3.42. The first-order valence-corrected chi connectivity index (χ1v) is 9.76. The van der Waals surface area contributed by atoms with Crippen LogP contribution in [0, 0.1) is 18.3 Å². The summed E-state index contributed by atoms with van der Waals surface area (Å²) in [5.41, 5.74) is 3.68. The Morgan fingerprint density at radius 2 is 2.03 bits per heavy atom. The molecule has 160 valence electrons. The minimum Gasteiger partial charge on any atom is -0.374 e. The second-order valence-electron chi connectivity index (χ2n) is 7.54. The number of alkyl halides is 2. The highest BCUT2D eigenvalue weighted by atomic mass is 19.3. The van der Waals surface area contributed by atoms with Crippen molar-refractivity contribution in [3.63, 3.8) is 0 Å². The average Bonchev–Trinajstić information content (AvgIpc) is 3.20.